The Hall–Kier alpha value is 0.217. The summed E-state index contributed by atoms with van der Waals surface area (Å²) < 4.78 is 0. The second-order valence-corrected chi connectivity index (χ2v) is 6.43. The van der Waals surface area contributed by atoms with Crippen LogP contribution >= 0.6 is 0 Å². The highest BCUT2D eigenvalue weighted by atomic mass is 28.3. The van der Waals surface area contributed by atoms with Crippen LogP contribution in [0.2, 0.25) is 18.6 Å². The maximum atomic E-state index is 2.49. The van der Waals surface area contributed by atoms with Crippen molar-refractivity contribution in [1.82, 2.24) is 0 Å². The molecule has 0 aliphatic carbocycles. The molecule has 0 fully saturated rings. The molecular formula is C10H23Si. The minimum absolute atomic E-state index is 0.0790. The van der Waals surface area contributed by atoms with E-state index >= 15 is 0 Å². The Labute approximate surface area is 74.0 Å². The van der Waals surface area contributed by atoms with Gasteiger partial charge in [0, 0.05) is 8.80 Å². The summed E-state index contributed by atoms with van der Waals surface area (Å²) >= 11 is 0. The molecule has 0 aliphatic rings. The van der Waals surface area contributed by atoms with Crippen LogP contribution in [-0.2, 0) is 0 Å². The van der Waals surface area contributed by atoms with E-state index in [-0.39, 0.29) is 8.80 Å². The van der Waals surface area contributed by atoms with Crippen LogP contribution in [0.25, 0.3) is 0 Å². The summed E-state index contributed by atoms with van der Waals surface area (Å²) in [7, 11) is 0.0790. The SMILES string of the molecule is CCCCCC[Si](C)CCC. The van der Waals surface area contributed by atoms with Gasteiger partial charge < -0.3 is 0 Å². The molecule has 1 heteroatoms. The first-order valence-electron chi connectivity index (χ1n) is 5.12. The lowest BCUT2D eigenvalue weighted by Crippen LogP contribution is -2.04. The second-order valence-electron chi connectivity index (χ2n) is 3.52. The largest absolute Gasteiger partial charge is 0.0711 e. The van der Waals surface area contributed by atoms with Gasteiger partial charge in [-0.25, -0.2) is 0 Å². The fourth-order valence-electron chi connectivity index (χ4n) is 1.41. The summed E-state index contributed by atoms with van der Waals surface area (Å²) in [5.41, 5.74) is 0. The third kappa shape index (κ3) is 8.12. The number of unbranched alkanes of at least 4 members (excludes halogenated alkanes) is 3. The fraction of sp³-hybridized carbons (Fsp3) is 1.00. The van der Waals surface area contributed by atoms with E-state index in [0.717, 1.165) is 0 Å². The van der Waals surface area contributed by atoms with Crippen molar-refractivity contribution in [3.05, 3.63) is 0 Å². The highest BCUT2D eigenvalue weighted by Gasteiger charge is 2.01. The van der Waals surface area contributed by atoms with E-state index in [4.69, 9.17) is 0 Å². The van der Waals surface area contributed by atoms with Crippen LogP contribution in [-0.4, -0.2) is 8.80 Å². The predicted molar refractivity (Wildman–Crippen MR) is 55.7 cm³/mol. The van der Waals surface area contributed by atoms with Crippen LogP contribution in [0.4, 0.5) is 0 Å². The van der Waals surface area contributed by atoms with E-state index in [1.807, 2.05) is 0 Å². The van der Waals surface area contributed by atoms with Crippen LogP contribution in [0.15, 0.2) is 0 Å². The molecule has 0 atom stereocenters. The molecule has 1 radical (unpaired) electrons. The third-order valence-electron chi connectivity index (χ3n) is 2.13. The molecule has 0 heterocycles. The zero-order valence-corrected chi connectivity index (χ0v) is 9.45. The van der Waals surface area contributed by atoms with Gasteiger partial charge in [-0.2, -0.15) is 0 Å². The first kappa shape index (κ1) is 11.2. The zero-order chi connectivity index (χ0) is 8.53. The molecule has 11 heavy (non-hydrogen) atoms. The van der Waals surface area contributed by atoms with Gasteiger partial charge >= 0.3 is 0 Å². The van der Waals surface area contributed by atoms with Crippen molar-refractivity contribution >= 4 is 8.80 Å². The third-order valence-corrected chi connectivity index (χ3v) is 4.69. The van der Waals surface area contributed by atoms with E-state index in [0.29, 0.717) is 0 Å². The summed E-state index contributed by atoms with van der Waals surface area (Å²) in [5.74, 6) is 0. The maximum Gasteiger partial charge on any atom is 0.0445 e. The molecule has 67 valence electrons. The van der Waals surface area contributed by atoms with Crippen LogP contribution < -0.4 is 0 Å². The first-order chi connectivity index (χ1) is 5.31. The lowest BCUT2D eigenvalue weighted by Gasteiger charge is -2.06. The quantitative estimate of drug-likeness (QED) is 0.399. The summed E-state index contributed by atoms with van der Waals surface area (Å²) in [5, 5.41) is 0. The van der Waals surface area contributed by atoms with E-state index in [2.05, 4.69) is 20.4 Å². The maximum absolute atomic E-state index is 2.49. The second kappa shape index (κ2) is 8.31. The van der Waals surface area contributed by atoms with Gasteiger partial charge in [-0.3, -0.25) is 0 Å². The lowest BCUT2D eigenvalue weighted by atomic mass is 10.2. The fourth-order valence-corrected chi connectivity index (χ4v) is 3.36. The average molecular weight is 171 g/mol. The number of hydrogen-bond donors (Lipinski definition) is 0. The van der Waals surface area contributed by atoms with Gasteiger partial charge in [-0.1, -0.05) is 64.6 Å². The topological polar surface area (TPSA) is 0 Å². The summed E-state index contributed by atoms with van der Waals surface area (Å²) in [6.07, 6.45) is 7.19. The molecule has 0 saturated heterocycles. The van der Waals surface area contributed by atoms with Gasteiger partial charge in [-0.15, -0.1) is 0 Å². The van der Waals surface area contributed by atoms with E-state index in [1.54, 1.807) is 6.04 Å². The molecule has 0 bridgehead atoms. The standard InChI is InChI=1S/C10H23Si/c1-4-6-7-8-10-11(3)9-5-2/h4-10H2,1-3H3. The molecule has 0 spiro atoms. The molecule has 0 unspecified atom stereocenters. The van der Waals surface area contributed by atoms with Crippen molar-refractivity contribution in [2.45, 2.75) is 64.6 Å². The van der Waals surface area contributed by atoms with Gasteiger partial charge in [0.15, 0.2) is 0 Å². The van der Waals surface area contributed by atoms with Crippen molar-refractivity contribution in [3.8, 4) is 0 Å². The van der Waals surface area contributed by atoms with Gasteiger partial charge in [0.1, 0.15) is 0 Å². The van der Waals surface area contributed by atoms with Gasteiger partial charge in [-0.05, 0) is 0 Å². The molecule has 0 aromatic rings. The highest BCUT2D eigenvalue weighted by Crippen LogP contribution is 2.09. The number of rotatable bonds is 7. The predicted octanol–water partition coefficient (Wildman–Crippen LogP) is 4.10. The summed E-state index contributed by atoms with van der Waals surface area (Å²) in [4.78, 5) is 0. The molecule has 0 N–H and O–H groups in total. The van der Waals surface area contributed by atoms with Crippen molar-refractivity contribution in [2.75, 3.05) is 0 Å². The molecule has 0 saturated carbocycles. The summed E-state index contributed by atoms with van der Waals surface area (Å²) in [6.45, 7) is 7.07. The van der Waals surface area contributed by atoms with Crippen LogP contribution in [0, 0.1) is 0 Å². The molecule has 0 aromatic heterocycles. The van der Waals surface area contributed by atoms with Crippen molar-refractivity contribution in [2.24, 2.45) is 0 Å². The molecule has 0 amide bonds. The Kier molecular flexibility index (Phi) is 8.48. The normalized spacial score (nSPS) is 10.9. The minimum Gasteiger partial charge on any atom is -0.0711 e. The summed E-state index contributed by atoms with van der Waals surface area (Å²) in [6, 6.07) is 3.08. The average Bonchev–Trinajstić information content (AvgIpc) is 1.99. The molecule has 0 nitrogen and oxygen atoms in total. The van der Waals surface area contributed by atoms with E-state index in [9.17, 15) is 0 Å². The van der Waals surface area contributed by atoms with Crippen LogP contribution in [0.1, 0.15) is 46.0 Å². The Bertz CT molecular complexity index is 71.3. The van der Waals surface area contributed by atoms with Crippen LogP contribution in [0.3, 0.4) is 0 Å². The van der Waals surface area contributed by atoms with Gasteiger partial charge in [0.2, 0.25) is 0 Å². The highest BCUT2D eigenvalue weighted by molar-refractivity contribution is 6.57. The van der Waals surface area contributed by atoms with Crippen LogP contribution in [0.5, 0.6) is 0 Å². The Balaban J connectivity index is 2.97. The Morgan fingerprint density at radius 3 is 2.09 bits per heavy atom. The van der Waals surface area contributed by atoms with Crippen molar-refractivity contribution < 1.29 is 0 Å². The van der Waals surface area contributed by atoms with Gasteiger partial charge in [0.25, 0.3) is 0 Å². The number of hydrogen-bond acceptors (Lipinski definition) is 0. The Morgan fingerprint density at radius 1 is 0.818 bits per heavy atom. The Morgan fingerprint density at radius 2 is 1.55 bits per heavy atom. The molecule has 0 aromatic carbocycles. The smallest absolute Gasteiger partial charge is 0.0445 e. The molecular weight excluding hydrogens is 148 g/mol. The monoisotopic (exact) mass is 171 g/mol. The zero-order valence-electron chi connectivity index (χ0n) is 8.45. The lowest BCUT2D eigenvalue weighted by molar-refractivity contribution is 0.697. The van der Waals surface area contributed by atoms with Gasteiger partial charge in [0.05, 0.1) is 0 Å². The van der Waals surface area contributed by atoms with E-state index < -0.39 is 0 Å². The molecule has 0 aliphatic heterocycles. The van der Waals surface area contributed by atoms with Crippen molar-refractivity contribution in [3.63, 3.8) is 0 Å². The minimum atomic E-state index is 0.0790. The van der Waals surface area contributed by atoms with Crippen molar-refractivity contribution in [1.29, 1.82) is 0 Å². The first-order valence-corrected chi connectivity index (χ1v) is 7.54. The van der Waals surface area contributed by atoms with E-state index in [1.165, 1.54) is 38.1 Å². The molecule has 0 rings (SSSR count).